The van der Waals surface area contributed by atoms with Gasteiger partial charge in [0.05, 0.1) is 11.3 Å². The first kappa shape index (κ1) is 17.1. The number of benzene rings is 1. The Hall–Kier alpha value is -1.73. The van der Waals surface area contributed by atoms with Gasteiger partial charge < -0.3 is 9.80 Å². The van der Waals surface area contributed by atoms with Crippen molar-refractivity contribution in [3.63, 3.8) is 0 Å². The van der Waals surface area contributed by atoms with Gasteiger partial charge in [-0.2, -0.15) is 5.26 Å². The fourth-order valence-corrected chi connectivity index (χ4v) is 3.96. The SMILES string of the molecule is N#Cc1cc(Cl)ccc1N1CCC(C(=O)N2CCCCCC2)CC1. The second-order valence-electron chi connectivity index (χ2n) is 6.77. The fourth-order valence-electron chi connectivity index (χ4n) is 3.79. The minimum atomic E-state index is 0.136. The first-order chi connectivity index (χ1) is 11.7. The van der Waals surface area contributed by atoms with Crippen LogP contribution in [0, 0.1) is 17.2 Å². The average Bonchev–Trinajstić information content (AvgIpc) is 2.90. The van der Waals surface area contributed by atoms with E-state index in [4.69, 9.17) is 11.6 Å². The maximum absolute atomic E-state index is 12.8. The molecule has 1 amide bonds. The lowest BCUT2D eigenvalue weighted by atomic mass is 9.94. The van der Waals surface area contributed by atoms with Gasteiger partial charge in [-0.05, 0) is 43.9 Å². The molecule has 1 aromatic carbocycles. The average molecular weight is 346 g/mol. The predicted molar refractivity (Wildman–Crippen MR) is 96.2 cm³/mol. The molecule has 4 nitrogen and oxygen atoms in total. The number of likely N-dealkylation sites (tertiary alicyclic amines) is 1. The summed E-state index contributed by atoms with van der Waals surface area (Å²) < 4.78 is 0. The molecular weight excluding hydrogens is 322 g/mol. The van der Waals surface area contributed by atoms with Crippen molar-refractivity contribution in [2.75, 3.05) is 31.1 Å². The van der Waals surface area contributed by atoms with E-state index in [1.54, 1.807) is 6.07 Å². The van der Waals surface area contributed by atoms with Gasteiger partial charge in [-0.3, -0.25) is 4.79 Å². The van der Waals surface area contributed by atoms with Crippen molar-refractivity contribution < 1.29 is 4.79 Å². The van der Waals surface area contributed by atoms with Crippen molar-refractivity contribution in [2.24, 2.45) is 5.92 Å². The van der Waals surface area contributed by atoms with Crippen molar-refractivity contribution in [1.29, 1.82) is 5.26 Å². The van der Waals surface area contributed by atoms with Crippen LogP contribution in [0.3, 0.4) is 0 Å². The summed E-state index contributed by atoms with van der Waals surface area (Å²) in [5.41, 5.74) is 1.54. The molecule has 0 spiro atoms. The van der Waals surface area contributed by atoms with Crippen LogP contribution >= 0.6 is 11.6 Å². The monoisotopic (exact) mass is 345 g/mol. The van der Waals surface area contributed by atoms with Crippen molar-refractivity contribution in [3.05, 3.63) is 28.8 Å². The Morgan fingerprint density at radius 2 is 1.75 bits per heavy atom. The summed E-state index contributed by atoms with van der Waals surface area (Å²) in [5.74, 6) is 0.477. The third-order valence-corrected chi connectivity index (χ3v) is 5.42. The van der Waals surface area contributed by atoms with Crippen LogP contribution < -0.4 is 4.90 Å². The number of carbonyl (C=O) groups excluding carboxylic acids is 1. The number of hydrogen-bond acceptors (Lipinski definition) is 3. The van der Waals surface area contributed by atoms with E-state index < -0.39 is 0 Å². The van der Waals surface area contributed by atoms with Gasteiger partial charge in [0.2, 0.25) is 5.91 Å². The number of halogens is 1. The highest BCUT2D eigenvalue weighted by Gasteiger charge is 2.29. The van der Waals surface area contributed by atoms with E-state index in [-0.39, 0.29) is 5.92 Å². The Labute approximate surface area is 149 Å². The number of nitrogens with zero attached hydrogens (tertiary/aromatic N) is 3. The molecule has 5 heteroatoms. The molecule has 0 radical (unpaired) electrons. The summed E-state index contributed by atoms with van der Waals surface area (Å²) in [5, 5.41) is 9.90. The van der Waals surface area contributed by atoms with Crippen LogP contribution in [0.1, 0.15) is 44.1 Å². The zero-order valence-corrected chi connectivity index (χ0v) is 14.8. The molecule has 24 heavy (non-hydrogen) atoms. The molecule has 0 bridgehead atoms. The largest absolute Gasteiger partial charge is 0.370 e. The molecule has 2 heterocycles. The number of rotatable bonds is 2. The molecule has 1 aromatic rings. The van der Waals surface area contributed by atoms with Gasteiger partial charge in [-0.15, -0.1) is 0 Å². The molecule has 0 aromatic heterocycles. The Kier molecular flexibility index (Phi) is 5.63. The van der Waals surface area contributed by atoms with Crippen molar-refractivity contribution in [2.45, 2.75) is 38.5 Å². The molecule has 2 fully saturated rings. The molecule has 2 aliphatic rings. The summed E-state index contributed by atoms with van der Waals surface area (Å²) in [7, 11) is 0. The first-order valence-electron chi connectivity index (χ1n) is 8.92. The molecule has 0 N–H and O–H groups in total. The van der Waals surface area contributed by atoms with E-state index >= 15 is 0 Å². The second kappa shape index (κ2) is 7.90. The summed E-state index contributed by atoms with van der Waals surface area (Å²) in [6.45, 7) is 3.49. The molecule has 0 unspecified atom stereocenters. The van der Waals surface area contributed by atoms with Crippen molar-refractivity contribution in [3.8, 4) is 6.07 Å². The quantitative estimate of drug-likeness (QED) is 0.818. The molecule has 2 saturated heterocycles. The van der Waals surface area contributed by atoms with Crippen LogP contribution in [0.25, 0.3) is 0 Å². The van der Waals surface area contributed by atoms with Gasteiger partial charge in [0.1, 0.15) is 6.07 Å². The van der Waals surface area contributed by atoms with Gasteiger partial charge in [0, 0.05) is 37.1 Å². The van der Waals surface area contributed by atoms with E-state index in [0.29, 0.717) is 16.5 Å². The topological polar surface area (TPSA) is 47.3 Å². The van der Waals surface area contributed by atoms with Crippen LogP contribution in [-0.4, -0.2) is 37.0 Å². The Bertz CT molecular complexity index is 624. The van der Waals surface area contributed by atoms with E-state index in [1.807, 2.05) is 12.1 Å². The lowest BCUT2D eigenvalue weighted by Gasteiger charge is -2.35. The lowest BCUT2D eigenvalue weighted by molar-refractivity contribution is -0.136. The van der Waals surface area contributed by atoms with Gasteiger partial charge >= 0.3 is 0 Å². The van der Waals surface area contributed by atoms with E-state index in [0.717, 1.165) is 57.5 Å². The summed E-state index contributed by atoms with van der Waals surface area (Å²) in [6, 6.07) is 7.68. The minimum absolute atomic E-state index is 0.136. The zero-order chi connectivity index (χ0) is 16.9. The predicted octanol–water partition coefficient (Wildman–Crippen LogP) is 3.83. The number of nitriles is 1. The number of piperidine rings is 1. The molecule has 3 rings (SSSR count). The molecular formula is C19H24ClN3O. The minimum Gasteiger partial charge on any atom is -0.370 e. The summed E-state index contributed by atoms with van der Waals surface area (Å²) >= 11 is 5.98. The molecule has 0 saturated carbocycles. The van der Waals surface area contributed by atoms with Crippen LogP contribution in [0.5, 0.6) is 0 Å². The van der Waals surface area contributed by atoms with Gasteiger partial charge in [-0.25, -0.2) is 0 Å². The maximum Gasteiger partial charge on any atom is 0.225 e. The highest BCUT2D eigenvalue weighted by molar-refractivity contribution is 6.30. The number of anilines is 1. The smallest absolute Gasteiger partial charge is 0.225 e. The maximum atomic E-state index is 12.8. The van der Waals surface area contributed by atoms with E-state index in [2.05, 4.69) is 15.9 Å². The number of amides is 1. The molecule has 0 aliphatic carbocycles. The van der Waals surface area contributed by atoms with Crippen LogP contribution in [0.4, 0.5) is 5.69 Å². The van der Waals surface area contributed by atoms with Crippen LogP contribution in [-0.2, 0) is 4.79 Å². The molecule has 2 aliphatic heterocycles. The standard InChI is InChI=1S/C19H24ClN3O/c20-17-5-6-18(16(13-17)14-21)22-11-7-15(8-12-22)19(24)23-9-3-1-2-4-10-23/h5-6,13,15H,1-4,7-12H2. The van der Waals surface area contributed by atoms with Crippen LogP contribution in [0.2, 0.25) is 5.02 Å². The van der Waals surface area contributed by atoms with Crippen molar-refractivity contribution >= 4 is 23.2 Å². The van der Waals surface area contributed by atoms with E-state index in [1.165, 1.54) is 12.8 Å². The van der Waals surface area contributed by atoms with Gasteiger partial charge in [-0.1, -0.05) is 24.4 Å². The molecule has 0 atom stereocenters. The lowest BCUT2D eigenvalue weighted by Crippen LogP contribution is -2.43. The summed E-state index contributed by atoms with van der Waals surface area (Å²) in [6.07, 6.45) is 6.50. The second-order valence-corrected chi connectivity index (χ2v) is 7.21. The first-order valence-corrected chi connectivity index (χ1v) is 9.30. The third-order valence-electron chi connectivity index (χ3n) is 5.18. The third kappa shape index (κ3) is 3.84. The Morgan fingerprint density at radius 1 is 1.08 bits per heavy atom. The highest BCUT2D eigenvalue weighted by Crippen LogP contribution is 2.29. The number of hydrogen-bond donors (Lipinski definition) is 0. The Morgan fingerprint density at radius 3 is 2.38 bits per heavy atom. The Balaban J connectivity index is 1.61. The van der Waals surface area contributed by atoms with Gasteiger partial charge in [0.25, 0.3) is 0 Å². The highest BCUT2D eigenvalue weighted by atomic mass is 35.5. The fraction of sp³-hybridized carbons (Fsp3) is 0.579. The van der Waals surface area contributed by atoms with Crippen LogP contribution in [0.15, 0.2) is 18.2 Å². The number of carbonyl (C=O) groups is 1. The van der Waals surface area contributed by atoms with Crippen molar-refractivity contribution in [1.82, 2.24) is 4.90 Å². The van der Waals surface area contributed by atoms with Gasteiger partial charge in [0.15, 0.2) is 0 Å². The summed E-state index contributed by atoms with van der Waals surface area (Å²) in [4.78, 5) is 17.0. The normalized spacial score (nSPS) is 19.7. The molecule has 128 valence electrons. The van der Waals surface area contributed by atoms with E-state index in [9.17, 15) is 10.1 Å². The zero-order valence-electron chi connectivity index (χ0n) is 14.0.